The molecule has 3 rings (SSSR count). The predicted molar refractivity (Wildman–Crippen MR) is 73.3 cm³/mol. The van der Waals surface area contributed by atoms with Crippen LogP contribution in [0.3, 0.4) is 0 Å². The lowest BCUT2D eigenvalue weighted by Crippen LogP contribution is -2.25. The number of benzene rings is 2. The summed E-state index contributed by atoms with van der Waals surface area (Å²) < 4.78 is 5.34. The van der Waals surface area contributed by atoms with Gasteiger partial charge in [-0.1, -0.05) is 30.3 Å². The summed E-state index contributed by atoms with van der Waals surface area (Å²) in [5.74, 6) is 0.652. The third-order valence-electron chi connectivity index (χ3n) is 3.15. The molecule has 0 bridgehead atoms. The molecule has 0 aromatic heterocycles. The summed E-state index contributed by atoms with van der Waals surface area (Å²) in [6.07, 6.45) is 1.89. The number of ether oxygens (including phenoxy) is 1. The largest absolute Gasteiger partial charge is 0.482 e. The summed E-state index contributed by atoms with van der Waals surface area (Å²) in [6.45, 7) is 0.103. The minimum Gasteiger partial charge on any atom is -0.482 e. The van der Waals surface area contributed by atoms with E-state index in [2.05, 4.69) is 17.4 Å². The summed E-state index contributed by atoms with van der Waals surface area (Å²) >= 11 is 0. The maximum absolute atomic E-state index is 11.3. The lowest BCUT2D eigenvalue weighted by atomic mass is 10.0. The van der Waals surface area contributed by atoms with E-state index < -0.39 is 0 Å². The van der Waals surface area contributed by atoms with Gasteiger partial charge in [0.25, 0.3) is 5.91 Å². The molecule has 3 heteroatoms. The van der Waals surface area contributed by atoms with Crippen molar-refractivity contribution in [3.05, 3.63) is 59.7 Å². The van der Waals surface area contributed by atoms with Gasteiger partial charge in [0.15, 0.2) is 6.61 Å². The molecule has 19 heavy (non-hydrogen) atoms. The molecule has 0 spiro atoms. The van der Waals surface area contributed by atoms with Crippen LogP contribution in [0.2, 0.25) is 0 Å². The molecule has 1 N–H and O–H groups in total. The van der Waals surface area contributed by atoms with Gasteiger partial charge in [0, 0.05) is 0 Å². The molecule has 1 aliphatic rings. The second kappa shape index (κ2) is 5.14. The fourth-order valence-electron chi connectivity index (χ4n) is 2.16. The van der Waals surface area contributed by atoms with Crippen molar-refractivity contribution in [2.24, 2.45) is 0 Å². The molecule has 0 atom stereocenters. The van der Waals surface area contributed by atoms with Crippen LogP contribution < -0.4 is 10.1 Å². The second-order valence-electron chi connectivity index (χ2n) is 4.58. The Morgan fingerprint density at radius 1 is 1.21 bits per heavy atom. The molecule has 95 valence electrons. The maximum Gasteiger partial charge on any atom is 0.262 e. The number of carbonyl (C=O) groups excluding carboxylic acids is 1. The van der Waals surface area contributed by atoms with Crippen molar-refractivity contribution in [2.75, 3.05) is 11.9 Å². The van der Waals surface area contributed by atoms with Gasteiger partial charge >= 0.3 is 0 Å². The van der Waals surface area contributed by atoms with Crippen molar-refractivity contribution in [1.29, 1.82) is 0 Å². The van der Waals surface area contributed by atoms with Crippen LogP contribution in [0, 0.1) is 6.07 Å². The Kier molecular flexibility index (Phi) is 3.19. The first-order valence-electron chi connectivity index (χ1n) is 6.32. The van der Waals surface area contributed by atoms with E-state index in [1.165, 1.54) is 11.1 Å². The molecule has 1 aliphatic heterocycles. The predicted octanol–water partition coefficient (Wildman–Crippen LogP) is 2.60. The van der Waals surface area contributed by atoms with Crippen LogP contribution in [-0.4, -0.2) is 12.5 Å². The summed E-state index contributed by atoms with van der Waals surface area (Å²) in [6, 6.07) is 17.0. The lowest BCUT2D eigenvalue weighted by molar-refractivity contribution is -0.118. The Hall–Kier alpha value is -2.29. The standard InChI is InChI=1S/C16H14NO2/c18-16-11-19-15-9-8-13(10-14(15)17-16)7-6-12-4-2-1-3-5-12/h1-2,4-5,8-10H,6-7,11H2,(H,17,18). The summed E-state index contributed by atoms with van der Waals surface area (Å²) in [4.78, 5) is 11.3. The Balaban J connectivity index is 1.72. The van der Waals surface area contributed by atoms with Crippen LogP contribution in [0.5, 0.6) is 5.75 Å². The fraction of sp³-hybridized carbons (Fsp3) is 0.188. The van der Waals surface area contributed by atoms with Gasteiger partial charge in [0.1, 0.15) is 5.75 Å². The second-order valence-corrected chi connectivity index (χ2v) is 4.58. The van der Waals surface area contributed by atoms with Crippen molar-refractivity contribution in [1.82, 2.24) is 0 Å². The minimum atomic E-state index is -0.0951. The van der Waals surface area contributed by atoms with Gasteiger partial charge in [0.2, 0.25) is 0 Å². The molecule has 1 heterocycles. The molecule has 0 fully saturated rings. The highest BCUT2D eigenvalue weighted by Crippen LogP contribution is 2.28. The number of fused-ring (bicyclic) bond motifs is 1. The van der Waals surface area contributed by atoms with E-state index in [1.54, 1.807) is 0 Å². The number of hydrogen-bond acceptors (Lipinski definition) is 2. The summed E-state index contributed by atoms with van der Waals surface area (Å²) in [7, 11) is 0. The molecule has 2 aromatic rings. The van der Waals surface area contributed by atoms with Crippen molar-refractivity contribution >= 4 is 11.6 Å². The van der Waals surface area contributed by atoms with Gasteiger partial charge in [0.05, 0.1) is 5.69 Å². The molecule has 0 saturated heterocycles. The average Bonchev–Trinajstić information content (AvgIpc) is 2.46. The smallest absolute Gasteiger partial charge is 0.262 e. The SMILES string of the molecule is O=C1COc2ccc(CCc3c[c]ccc3)cc2N1. The average molecular weight is 252 g/mol. The van der Waals surface area contributed by atoms with Crippen molar-refractivity contribution in [3.8, 4) is 5.75 Å². The number of anilines is 1. The van der Waals surface area contributed by atoms with Crippen molar-refractivity contribution < 1.29 is 9.53 Å². The van der Waals surface area contributed by atoms with Crippen LogP contribution in [0.25, 0.3) is 0 Å². The Morgan fingerprint density at radius 2 is 2.11 bits per heavy atom. The highest BCUT2D eigenvalue weighted by Gasteiger charge is 2.15. The van der Waals surface area contributed by atoms with Gasteiger partial charge in [-0.2, -0.15) is 0 Å². The first kappa shape index (κ1) is 11.8. The first-order chi connectivity index (χ1) is 9.31. The highest BCUT2D eigenvalue weighted by atomic mass is 16.5. The molecule has 0 saturated carbocycles. The van der Waals surface area contributed by atoms with E-state index in [0.717, 1.165) is 24.3 Å². The van der Waals surface area contributed by atoms with Crippen LogP contribution in [0.4, 0.5) is 5.69 Å². The van der Waals surface area contributed by atoms with E-state index in [0.29, 0.717) is 0 Å². The molecule has 0 aliphatic carbocycles. The van der Waals surface area contributed by atoms with E-state index in [4.69, 9.17) is 4.74 Å². The molecule has 0 unspecified atom stereocenters. The molecule has 2 aromatic carbocycles. The Morgan fingerprint density at radius 3 is 2.95 bits per heavy atom. The highest BCUT2D eigenvalue weighted by molar-refractivity contribution is 5.95. The normalized spacial score (nSPS) is 13.4. The number of rotatable bonds is 3. The Bertz CT molecular complexity index is 593. The minimum absolute atomic E-state index is 0.0951. The van der Waals surface area contributed by atoms with Crippen LogP contribution in [0.15, 0.2) is 42.5 Å². The molecule has 1 amide bonds. The number of nitrogens with one attached hydrogen (secondary N) is 1. The third-order valence-corrected chi connectivity index (χ3v) is 3.15. The lowest BCUT2D eigenvalue weighted by Gasteiger charge is -2.18. The summed E-state index contributed by atoms with van der Waals surface area (Å²) in [5, 5.41) is 2.83. The molecular formula is C16H14NO2. The van der Waals surface area contributed by atoms with Crippen LogP contribution in [-0.2, 0) is 17.6 Å². The zero-order valence-corrected chi connectivity index (χ0v) is 10.5. The van der Waals surface area contributed by atoms with E-state index in [-0.39, 0.29) is 12.5 Å². The van der Waals surface area contributed by atoms with Gasteiger partial charge in [-0.15, -0.1) is 0 Å². The van der Waals surface area contributed by atoms with Crippen molar-refractivity contribution in [3.63, 3.8) is 0 Å². The van der Waals surface area contributed by atoms with Crippen LogP contribution in [0.1, 0.15) is 11.1 Å². The maximum atomic E-state index is 11.3. The monoisotopic (exact) mass is 252 g/mol. The molecule has 3 nitrogen and oxygen atoms in total. The fourth-order valence-corrected chi connectivity index (χ4v) is 2.16. The molecular weight excluding hydrogens is 238 g/mol. The number of hydrogen-bond donors (Lipinski definition) is 1. The zero-order chi connectivity index (χ0) is 13.1. The third kappa shape index (κ3) is 2.76. The van der Waals surface area contributed by atoms with E-state index in [1.807, 2.05) is 36.4 Å². The molecule has 1 radical (unpaired) electrons. The Labute approximate surface area is 112 Å². The van der Waals surface area contributed by atoms with Gasteiger partial charge in [-0.3, -0.25) is 4.79 Å². The van der Waals surface area contributed by atoms with Crippen LogP contribution >= 0.6 is 0 Å². The topological polar surface area (TPSA) is 38.3 Å². The van der Waals surface area contributed by atoms with Crippen molar-refractivity contribution in [2.45, 2.75) is 12.8 Å². The van der Waals surface area contributed by atoms with E-state index >= 15 is 0 Å². The number of aryl methyl sites for hydroxylation is 2. The van der Waals surface area contributed by atoms with Gasteiger partial charge < -0.3 is 10.1 Å². The van der Waals surface area contributed by atoms with E-state index in [9.17, 15) is 4.79 Å². The summed E-state index contributed by atoms with van der Waals surface area (Å²) in [5.41, 5.74) is 3.22. The first-order valence-corrected chi connectivity index (χ1v) is 6.32. The van der Waals surface area contributed by atoms with Gasteiger partial charge in [-0.25, -0.2) is 0 Å². The number of carbonyl (C=O) groups is 1. The quantitative estimate of drug-likeness (QED) is 0.911. The van der Waals surface area contributed by atoms with Gasteiger partial charge in [-0.05, 0) is 42.2 Å². The number of amides is 1. The zero-order valence-electron chi connectivity index (χ0n) is 10.5.